The van der Waals surface area contributed by atoms with Gasteiger partial charge in [-0.1, -0.05) is 0 Å². The molecule has 0 aliphatic carbocycles. The quantitative estimate of drug-likeness (QED) is 0.677. The van der Waals surface area contributed by atoms with Gasteiger partial charge in [0.25, 0.3) is 5.24 Å². The lowest BCUT2D eigenvalue weighted by atomic mass is 10.1. The third-order valence-electron chi connectivity index (χ3n) is 4.40. The standard InChI is InChI=1S/C19H17N3O4S/c1-10-16(21-11(2)26-10)9-25-14-5-4-12-6-13(8-20-15(12)7-14)17-18(23)22(3)19(24)27-17/h4-8,17H,9H2,1-3H3. The van der Waals surface area contributed by atoms with E-state index in [2.05, 4.69) is 9.97 Å². The largest absolute Gasteiger partial charge is 0.487 e. The van der Waals surface area contributed by atoms with E-state index in [-0.39, 0.29) is 11.1 Å². The number of carbonyl (C=O) groups is 2. The molecule has 1 saturated heterocycles. The summed E-state index contributed by atoms with van der Waals surface area (Å²) in [6.45, 7) is 3.97. The highest BCUT2D eigenvalue weighted by atomic mass is 32.2. The van der Waals surface area contributed by atoms with E-state index in [0.29, 0.717) is 18.2 Å². The van der Waals surface area contributed by atoms with Crippen molar-refractivity contribution in [2.45, 2.75) is 25.7 Å². The average Bonchev–Trinajstić information content (AvgIpc) is 3.11. The Morgan fingerprint density at radius 3 is 2.74 bits per heavy atom. The summed E-state index contributed by atoms with van der Waals surface area (Å²) in [4.78, 5) is 33.8. The first-order chi connectivity index (χ1) is 12.9. The van der Waals surface area contributed by atoms with Gasteiger partial charge in [0.1, 0.15) is 29.1 Å². The van der Waals surface area contributed by atoms with E-state index in [0.717, 1.165) is 44.6 Å². The number of ether oxygens (including phenoxy) is 1. The van der Waals surface area contributed by atoms with Crippen molar-refractivity contribution in [2.24, 2.45) is 0 Å². The van der Waals surface area contributed by atoms with Gasteiger partial charge in [-0.15, -0.1) is 0 Å². The molecule has 0 spiro atoms. The van der Waals surface area contributed by atoms with Gasteiger partial charge in [-0.2, -0.15) is 0 Å². The minimum atomic E-state index is -0.534. The normalized spacial score (nSPS) is 17.1. The van der Waals surface area contributed by atoms with Crippen LogP contribution in [0.2, 0.25) is 0 Å². The van der Waals surface area contributed by atoms with Crippen LogP contribution in [0.5, 0.6) is 5.75 Å². The maximum Gasteiger partial charge on any atom is 0.289 e. The monoisotopic (exact) mass is 383 g/mol. The van der Waals surface area contributed by atoms with E-state index in [1.54, 1.807) is 13.1 Å². The lowest BCUT2D eigenvalue weighted by Gasteiger charge is -2.10. The fourth-order valence-electron chi connectivity index (χ4n) is 2.92. The Labute approximate surface area is 159 Å². The molecule has 1 atom stereocenters. The van der Waals surface area contributed by atoms with Crippen LogP contribution in [0.1, 0.15) is 28.2 Å². The Balaban J connectivity index is 1.54. The molecule has 138 valence electrons. The van der Waals surface area contributed by atoms with Crippen molar-refractivity contribution in [3.63, 3.8) is 0 Å². The van der Waals surface area contributed by atoms with Crippen molar-refractivity contribution in [1.29, 1.82) is 0 Å². The highest BCUT2D eigenvalue weighted by molar-refractivity contribution is 8.14. The molecular formula is C19H17N3O4S. The summed E-state index contributed by atoms with van der Waals surface area (Å²) >= 11 is 1.01. The van der Waals surface area contributed by atoms with Crippen LogP contribution in [0.15, 0.2) is 34.9 Å². The number of carbonyl (C=O) groups excluding carboxylic acids is 2. The summed E-state index contributed by atoms with van der Waals surface area (Å²) in [6.07, 6.45) is 1.64. The van der Waals surface area contributed by atoms with Gasteiger partial charge in [0, 0.05) is 31.6 Å². The predicted molar refractivity (Wildman–Crippen MR) is 101 cm³/mol. The highest BCUT2D eigenvalue weighted by Crippen LogP contribution is 2.39. The number of hydrogen-bond acceptors (Lipinski definition) is 7. The molecule has 1 aliphatic rings. The minimum Gasteiger partial charge on any atom is -0.487 e. The van der Waals surface area contributed by atoms with E-state index in [9.17, 15) is 9.59 Å². The highest BCUT2D eigenvalue weighted by Gasteiger charge is 2.38. The molecule has 1 aliphatic heterocycles. The van der Waals surface area contributed by atoms with Gasteiger partial charge in [0.05, 0.1) is 5.52 Å². The van der Waals surface area contributed by atoms with Gasteiger partial charge >= 0.3 is 0 Å². The number of likely N-dealkylation sites (N-methyl/N-ethyl adjacent to an activating group) is 1. The van der Waals surface area contributed by atoms with Crippen LogP contribution in [0.3, 0.4) is 0 Å². The number of hydrogen-bond donors (Lipinski definition) is 0. The lowest BCUT2D eigenvalue weighted by Crippen LogP contribution is -2.24. The molecule has 1 unspecified atom stereocenters. The number of pyridine rings is 1. The number of amides is 2. The average molecular weight is 383 g/mol. The molecule has 0 saturated carbocycles. The van der Waals surface area contributed by atoms with Crippen molar-refractivity contribution in [3.05, 3.63) is 53.4 Å². The van der Waals surface area contributed by atoms with Crippen LogP contribution in [0.4, 0.5) is 4.79 Å². The van der Waals surface area contributed by atoms with Gasteiger partial charge in [-0.3, -0.25) is 19.5 Å². The molecule has 3 aromatic rings. The molecule has 27 heavy (non-hydrogen) atoms. The van der Waals surface area contributed by atoms with Crippen molar-refractivity contribution in [2.75, 3.05) is 7.05 Å². The fraction of sp³-hybridized carbons (Fsp3) is 0.263. The maximum atomic E-state index is 12.2. The molecular weight excluding hydrogens is 366 g/mol. The molecule has 1 fully saturated rings. The third-order valence-corrected chi connectivity index (χ3v) is 5.59. The summed E-state index contributed by atoms with van der Waals surface area (Å²) in [5, 5.41) is 0.102. The zero-order chi connectivity index (χ0) is 19.1. The molecule has 0 bridgehead atoms. The van der Waals surface area contributed by atoms with Crippen molar-refractivity contribution in [1.82, 2.24) is 14.9 Å². The van der Waals surface area contributed by atoms with Crippen LogP contribution in [0, 0.1) is 13.8 Å². The number of nitrogens with zero attached hydrogens (tertiary/aromatic N) is 3. The van der Waals surface area contributed by atoms with Crippen LogP contribution in [0.25, 0.3) is 10.9 Å². The topological polar surface area (TPSA) is 85.5 Å². The van der Waals surface area contributed by atoms with E-state index >= 15 is 0 Å². The Kier molecular flexibility index (Phi) is 4.35. The Morgan fingerprint density at radius 2 is 2.07 bits per heavy atom. The second-order valence-corrected chi connectivity index (χ2v) is 7.36. The molecule has 0 radical (unpaired) electrons. The number of aromatic nitrogens is 2. The van der Waals surface area contributed by atoms with Gasteiger partial charge in [-0.25, -0.2) is 4.98 Å². The summed E-state index contributed by atoms with van der Waals surface area (Å²) in [6, 6.07) is 7.45. The molecule has 2 aromatic heterocycles. The van der Waals surface area contributed by atoms with E-state index in [4.69, 9.17) is 9.15 Å². The summed E-state index contributed by atoms with van der Waals surface area (Å²) in [5.74, 6) is 1.81. The van der Waals surface area contributed by atoms with Crippen molar-refractivity contribution >= 4 is 33.8 Å². The van der Waals surface area contributed by atoms with E-state index < -0.39 is 5.25 Å². The first-order valence-corrected chi connectivity index (χ1v) is 9.24. The second-order valence-electron chi connectivity index (χ2n) is 6.31. The Hall–Kier alpha value is -2.87. The SMILES string of the molecule is Cc1nc(COc2ccc3cc(C4SC(=O)N(C)C4=O)cnc3c2)c(C)o1. The third kappa shape index (κ3) is 3.28. The predicted octanol–water partition coefficient (Wildman–Crippen LogP) is 3.78. The number of aryl methyl sites for hydroxylation is 2. The Bertz CT molecular complexity index is 1060. The van der Waals surface area contributed by atoms with E-state index in [1.165, 1.54) is 7.05 Å². The van der Waals surface area contributed by atoms with Crippen LogP contribution >= 0.6 is 11.8 Å². The number of oxazole rings is 1. The number of fused-ring (bicyclic) bond motifs is 1. The second kappa shape index (κ2) is 6.70. The summed E-state index contributed by atoms with van der Waals surface area (Å²) in [5.41, 5.74) is 2.23. The number of rotatable bonds is 4. The van der Waals surface area contributed by atoms with Gasteiger partial charge in [0.2, 0.25) is 5.91 Å². The number of benzene rings is 1. The zero-order valence-corrected chi connectivity index (χ0v) is 15.9. The van der Waals surface area contributed by atoms with Crippen molar-refractivity contribution < 1.29 is 18.7 Å². The van der Waals surface area contributed by atoms with Gasteiger partial charge < -0.3 is 9.15 Å². The lowest BCUT2D eigenvalue weighted by molar-refractivity contribution is -0.125. The molecule has 4 rings (SSSR count). The van der Waals surface area contributed by atoms with Crippen LogP contribution in [-0.2, 0) is 11.4 Å². The molecule has 3 heterocycles. The van der Waals surface area contributed by atoms with Gasteiger partial charge in [-0.05, 0) is 42.4 Å². The van der Waals surface area contributed by atoms with Gasteiger partial charge in [0.15, 0.2) is 5.89 Å². The molecule has 2 amide bonds. The first kappa shape index (κ1) is 17.5. The number of imide groups is 1. The first-order valence-electron chi connectivity index (χ1n) is 8.36. The van der Waals surface area contributed by atoms with E-state index in [1.807, 2.05) is 31.2 Å². The molecule has 7 nitrogen and oxygen atoms in total. The smallest absolute Gasteiger partial charge is 0.289 e. The molecule has 8 heteroatoms. The number of thioether (sulfide) groups is 1. The fourth-order valence-corrected chi connectivity index (χ4v) is 3.89. The Morgan fingerprint density at radius 1 is 1.26 bits per heavy atom. The molecule has 1 aromatic carbocycles. The zero-order valence-electron chi connectivity index (χ0n) is 15.1. The summed E-state index contributed by atoms with van der Waals surface area (Å²) < 4.78 is 11.2. The van der Waals surface area contributed by atoms with Crippen LogP contribution in [-0.4, -0.2) is 33.1 Å². The minimum absolute atomic E-state index is 0.218. The van der Waals surface area contributed by atoms with Crippen molar-refractivity contribution in [3.8, 4) is 5.75 Å². The maximum absolute atomic E-state index is 12.2. The van der Waals surface area contributed by atoms with Crippen LogP contribution < -0.4 is 4.74 Å². The summed E-state index contributed by atoms with van der Waals surface area (Å²) in [7, 11) is 1.49. The molecule has 0 N–H and O–H groups in total.